The molecule has 0 saturated carbocycles. The molecule has 0 bridgehead atoms. The van der Waals surface area contributed by atoms with Crippen LogP contribution in [0, 0.1) is 0 Å². The van der Waals surface area contributed by atoms with Crippen LogP contribution in [-0.2, 0) is 13.5 Å². The van der Waals surface area contributed by atoms with Gasteiger partial charge in [-0.1, -0.05) is 18.3 Å². The molecule has 19 heavy (non-hydrogen) atoms. The summed E-state index contributed by atoms with van der Waals surface area (Å²) in [5, 5.41) is 4.20. The van der Waals surface area contributed by atoms with Gasteiger partial charge in [-0.15, -0.1) is 5.10 Å². The molecule has 104 valence electrons. The first-order chi connectivity index (χ1) is 9.13. The van der Waals surface area contributed by atoms with Crippen LogP contribution in [0.1, 0.15) is 48.6 Å². The Morgan fingerprint density at radius 1 is 1.47 bits per heavy atom. The molecule has 6 nitrogen and oxygen atoms in total. The van der Waals surface area contributed by atoms with Crippen LogP contribution in [0.5, 0.6) is 0 Å². The fraction of sp³-hybridized carbons (Fsp3) is 0.583. The Morgan fingerprint density at radius 2 is 2.26 bits per heavy atom. The topological polar surface area (TPSA) is 81.7 Å². The zero-order chi connectivity index (χ0) is 13.8. The van der Waals surface area contributed by atoms with Crippen LogP contribution in [0.25, 0.3) is 0 Å². The van der Waals surface area contributed by atoms with Gasteiger partial charge >= 0.3 is 0 Å². The van der Waals surface area contributed by atoms with Gasteiger partial charge in [-0.2, -0.15) is 0 Å². The summed E-state index contributed by atoms with van der Waals surface area (Å²) < 4.78 is 6.08. The second-order valence-corrected chi connectivity index (χ2v) is 5.68. The van der Waals surface area contributed by atoms with E-state index in [1.807, 2.05) is 24.0 Å². The van der Waals surface area contributed by atoms with Crippen LogP contribution in [-0.4, -0.2) is 19.1 Å². The summed E-state index contributed by atoms with van der Waals surface area (Å²) in [6, 6.07) is 0.0779. The molecule has 7 heteroatoms. The van der Waals surface area contributed by atoms with Gasteiger partial charge in [0.2, 0.25) is 0 Å². The van der Waals surface area contributed by atoms with Crippen molar-refractivity contribution in [2.45, 2.75) is 38.6 Å². The lowest BCUT2D eigenvalue weighted by atomic mass is 10.0. The van der Waals surface area contributed by atoms with Gasteiger partial charge in [0.15, 0.2) is 0 Å². The predicted molar refractivity (Wildman–Crippen MR) is 75.6 cm³/mol. The van der Waals surface area contributed by atoms with E-state index in [-0.39, 0.29) is 6.04 Å². The zero-order valence-corrected chi connectivity index (χ0v) is 12.3. The molecule has 0 radical (unpaired) electrons. The summed E-state index contributed by atoms with van der Waals surface area (Å²) in [7, 11) is 2.00. The third-order valence-electron chi connectivity index (χ3n) is 3.18. The van der Waals surface area contributed by atoms with Crippen LogP contribution in [0.3, 0.4) is 0 Å². The number of rotatable bonds is 6. The minimum Gasteiger partial charge on any atom is -0.338 e. The Kier molecular flexibility index (Phi) is 4.62. The van der Waals surface area contributed by atoms with Gasteiger partial charge in [0.25, 0.3) is 0 Å². The third-order valence-corrected chi connectivity index (χ3v) is 4.04. The van der Waals surface area contributed by atoms with Crippen LogP contribution < -0.4 is 11.3 Å². The van der Waals surface area contributed by atoms with E-state index in [2.05, 4.69) is 33.8 Å². The highest BCUT2D eigenvalue weighted by Gasteiger charge is 2.20. The van der Waals surface area contributed by atoms with Crippen molar-refractivity contribution in [3.05, 3.63) is 28.8 Å². The Labute approximate surface area is 117 Å². The van der Waals surface area contributed by atoms with Gasteiger partial charge in [0.05, 0.1) is 16.6 Å². The van der Waals surface area contributed by atoms with Crippen LogP contribution in [0.2, 0.25) is 0 Å². The van der Waals surface area contributed by atoms with Crippen LogP contribution in [0.15, 0.2) is 12.4 Å². The van der Waals surface area contributed by atoms with E-state index in [0.717, 1.165) is 29.2 Å². The van der Waals surface area contributed by atoms with E-state index in [1.165, 1.54) is 11.5 Å². The fourth-order valence-electron chi connectivity index (χ4n) is 2.05. The molecule has 0 fully saturated rings. The van der Waals surface area contributed by atoms with Gasteiger partial charge < -0.3 is 4.57 Å². The monoisotopic (exact) mass is 280 g/mol. The number of nitrogens with two attached hydrogens (primary N) is 1. The van der Waals surface area contributed by atoms with Crippen molar-refractivity contribution in [2.24, 2.45) is 12.9 Å². The number of nitrogens with zero attached hydrogens (tertiary/aromatic N) is 4. The van der Waals surface area contributed by atoms with Gasteiger partial charge in [0, 0.05) is 25.9 Å². The first-order valence-electron chi connectivity index (χ1n) is 6.38. The second kappa shape index (κ2) is 6.23. The molecule has 0 saturated heterocycles. The molecule has 0 aliphatic rings. The number of hydrazine groups is 1. The zero-order valence-electron chi connectivity index (χ0n) is 11.5. The van der Waals surface area contributed by atoms with Gasteiger partial charge in [-0.05, 0) is 23.9 Å². The van der Waals surface area contributed by atoms with Gasteiger partial charge in [-0.3, -0.25) is 11.3 Å². The molecule has 2 aromatic heterocycles. The SMILES string of the molecule is CC(C)c1nnsc1C(CCc1nccn1C)NN. The first kappa shape index (κ1) is 14.1. The Hall–Kier alpha value is -1.31. The molecule has 0 aromatic carbocycles. The van der Waals surface area contributed by atoms with Gasteiger partial charge in [-0.25, -0.2) is 4.98 Å². The Morgan fingerprint density at radius 3 is 2.84 bits per heavy atom. The number of nitrogens with one attached hydrogen (secondary N) is 1. The van der Waals surface area contributed by atoms with Crippen LogP contribution in [0.4, 0.5) is 0 Å². The van der Waals surface area contributed by atoms with E-state index in [4.69, 9.17) is 5.84 Å². The normalized spacial score (nSPS) is 13.1. The molecule has 1 atom stereocenters. The predicted octanol–water partition coefficient (Wildman–Crippen LogP) is 1.53. The number of hydrogen-bond acceptors (Lipinski definition) is 6. The van der Waals surface area contributed by atoms with E-state index in [1.54, 1.807) is 0 Å². The highest BCUT2D eigenvalue weighted by molar-refractivity contribution is 7.05. The smallest absolute Gasteiger partial charge is 0.108 e. The van der Waals surface area contributed by atoms with Crippen molar-refractivity contribution in [2.75, 3.05) is 0 Å². The summed E-state index contributed by atoms with van der Waals surface area (Å²) in [6.45, 7) is 4.24. The van der Waals surface area contributed by atoms with Crippen LogP contribution >= 0.6 is 11.5 Å². The highest BCUT2D eigenvalue weighted by atomic mass is 32.1. The maximum atomic E-state index is 5.68. The molecule has 2 aromatic rings. The fourth-order valence-corrected chi connectivity index (χ4v) is 2.95. The summed E-state index contributed by atoms with van der Waals surface area (Å²) >= 11 is 1.42. The molecule has 0 aliphatic heterocycles. The minimum atomic E-state index is 0.0779. The van der Waals surface area contributed by atoms with E-state index < -0.39 is 0 Å². The first-order valence-corrected chi connectivity index (χ1v) is 7.15. The molecule has 0 aliphatic carbocycles. The molecule has 2 rings (SSSR count). The molecule has 1 unspecified atom stereocenters. The molecule has 2 heterocycles. The second-order valence-electron chi connectivity index (χ2n) is 4.89. The van der Waals surface area contributed by atoms with Crippen molar-refractivity contribution in [1.29, 1.82) is 0 Å². The molecule has 3 N–H and O–H groups in total. The van der Waals surface area contributed by atoms with Crippen molar-refractivity contribution >= 4 is 11.5 Å². The molecular weight excluding hydrogens is 260 g/mol. The lowest BCUT2D eigenvalue weighted by Crippen LogP contribution is -2.28. The maximum Gasteiger partial charge on any atom is 0.108 e. The Balaban J connectivity index is 2.08. The van der Waals surface area contributed by atoms with E-state index >= 15 is 0 Å². The number of aromatic nitrogens is 4. The standard InChI is InChI=1S/C12H20N6S/c1-8(2)11-12(19-17-16-11)9(15-13)4-5-10-14-6-7-18(10)3/h6-9,15H,4-5,13H2,1-3H3. The average Bonchev–Trinajstić information content (AvgIpc) is 3.00. The highest BCUT2D eigenvalue weighted by Crippen LogP contribution is 2.28. The molecular formula is C12H20N6S. The summed E-state index contributed by atoms with van der Waals surface area (Å²) in [5.74, 6) is 7.10. The quantitative estimate of drug-likeness (QED) is 0.619. The minimum absolute atomic E-state index is 0.0779. The average molecular weight is 280 g/mol. The lowest BCUT2D eigenvalue weighted by molar-refractivity contribution is 0.507. The molecule has 0 amide bonds. The van der Waals surface area contributed by atoms with E-state index in [0.29, 0.717) is 5.92 Å². The van der Waals surface area contributed by atoms with Crippen molar-refractivity contribution in [3.8, 4) is 0 Å². The third kappa shape index (κ3) is 3.17. The summed E-state index contributed by atoms with van der Waals surface area (Å²) in [4.78, 5) is 5.46. The molecule has 0 spiro atoms. The van der Waals surface area contributed by atoms with Crippen molar-refractivity contribution in [1.82, 2.24) is 24.6 Å². The largest absolute Gasteiger partial charge is 0.338 e. The maximum absolute atomic E-state index is 5.68. The van der Waals surface area contributed by atoms with E-state index in [9.17, 15) is 0 Å². The summed E-state index contributed by atoms with van der Waals surface area (Å²) in [5.41, 5.74) is 3.91. The van der Waals surface area contributed by atoms with Crippen molar-refractivity contribution in [3.63, 3.8) is 0 Å². The van der Waals surface area contributed by atoms with Gasteiger partial charge in [0.1, 0.15) is 5.82 Å². The number of aryl methyl sites for hydroxylation is 2. The van der Waals surface area contributed by atoms with Crippen molar-refractivity contribution < 1.29 is 0 Å². The number of hydrogen-bond donors (Lipinski definition) is 2. The lowest BCUT2D eigenvalue weighted by Gasteiger charge is -2.15. The Bertz CT molecular complexity index is 518. The summed E-state index contributed by atoms with van der Waals surface area (Å²) in [6.07, 6.45) is 5.51. The number of imidazole rings is 1.